The Morgan fingerprint density at radius 3 is 2.53 bits per heavy atom. The van der Waals surface area contributed by atoms with Crippen molar-refractivity contribution in [2.24, 2.45) is 14.1 Å². The van der Waals surface area contributed by atoms with Crippen LogP contribution >= 0.6 is 0 Å². The number of carbonyl (C=O) groups is 1. The van der Waals surface area contributed by atoms with Gasteiger partial charge in [-0.15, -0.1) is 0 Å². The van der Waals surface area contributed by atoms with E-state index in [9.17, 15) is 18.0 Å². The van der Waals surface area contributed by atoms with Gasteiger partial charge in [0, 0.05) is 37.3 Å². The molecule has 0 radical (unpaired) electrons. The van der Waals surface area contributed by atoms with E-state index in [1.54, 1.807) is 41.9 Å². The number of hydrogen-bond donors (Lipinski definition) is 0. The van der Waals surface area contributed by atoms with E-state index in [0.29, 0.717) is 41.4 Å². The van der Waals surface area contributed by atoms with Gasteiger partial charge in [0.05, 0.1) is 30.2 Å². The summed E-state index contributed by atoms with van der Waals surface area (Å²) in [5.74, 6) is 0.504. The fourth-order valence-electron chi connectivity index (χ4n) is 4.39. The van der Waals surface area contributed by atoms with Crippen molar-refractivity contribution in [2.45, 2.75) is 32.5 Å². The van der Waals surface area contributed by atoms with E-state index in [2.05, 4.69) is 10.2 Å². The van der Waals surface area contributed by atoms with Gasteiger partial charge in [-0.25, -0.2) is 0 Å². The van der Waals surface area contributed by atoms with Crippen molar-refractivity contribution in [2.75, 3.05) is 13.7 Å². The predicted octanol–water partition coefficient (Wildman–Crippen LogP) is 3.92. The Bertz CT molecular complexity index is 1200. The van der Waals surface area contributed by atoms with Gasteiger partial charge >= 0.3 is 6.18 Å². The van der Waals surface area contributed by atoms with Crippen molar-refractivity contribution in [1.29, 1.82) is 0 Å². The summed E-state index contributed by atoms with van der Waals surface area (Å²) in [5.41, 5.74) is 2.80. The topological polar surface area (TPSA) is 65.2 Å². The second kappa shape index (κ2) is 7.68. The van der Waals surface area contributed by atoms with Crippen LogP contribution in [0.3, 0.4) is 0 Å². The Balaban J connectivity index is 1.71. The van der Waals surface area contributed by atoms with E-state index in [0.717, 1.165) is 17.2 Å². The number of rotatable bonds is 3. The molecule has 170 valence electrons. The number of aromatic nitrogens is 4. The Morgan fingerprint density at radius 2 is 1.91 bits per heavy atom. The zero-order chi connectivity index (χ0) is 23.4. The summed E-state index contributed by atoms with van der Waals surface area (Å²) >= 11 is 0. The monoisotopic (exact) mass is 447 g/mol. The van der Waals surface area contributed by atoms with E-state index < -0.39 is 11.9 Å². The number of aryl methyl sites for hydroxylation is 2. The van der Waals surface area contributed by atoms with Crippen LogP contribution in [0.1, 0.15) is 45.8 Å². The third-order valence-electron chi connectivity index (χ3n) is 6.05. The number of methoxy groups -OCH3 is 1. The minimum Gasteiger partial charge on any atom is -0.496 e. The molecule has 1 atom stereocenters. The molecule has 1 aromatic carbocycles. The van der Waals surface area contributed by atoms with E-state index in [4.69, 9.17) is 4.74 Å². The van der Waals surface area contributed by atoms with Crippen LogP contribution in [0, 0.1) is 6.92 Å². The zero-order valence-electron chi connectivity index (χ0n) is 18.5. The van der Waals surface area contributed by atoms with Crippen molar-refractivity contribution in [1.82, 2.24) is 24.5 Å². The average Bonchev–Trinajstić information content (AvgIpc) is 3.27. The molecule has 0 bridgehead atoms. The van der Waals surface area contributed by atoms with Gasteiger partial charge < -0.3 is 9.64 Å². The van der Waals surface area contributed by atoms with Crippen LogP contribution in [-0.2, 0) is 26.7 Å². The maximum absolute atomic E-state index is 13.3. The molecule has 4 rings (SSSR count). The molecule has 0 unspecified atom stereocenters. The first-order valence-electron chi connectivity index (χ1n) is 10.2. The summed E-state index contributed by atoms with van der Waals surface area (Å²) in [6, 6.07) is 6.04. The molecule has 2 aromatic heterocycles. The highest BCUT2D eigenvalue weighted by Gasteiger charge is 2.37. The van der Waals surface area contributed by atoms with Crippen LogP contribution in [0.15, 0.2) is 24.3 Å². The number of carbonyl (C=O) groups excluding carboxylic acids is 1. The third kappa shape index (κ3) is 3.43. The van der Waals surface area contributed by atoms with E-state index in [1.807, 2.05) is 13.8 Å². The van der Waals surface area contributed by atoms with Crippen molar-refractivity contribution >= 4 is 5.91 Å². The number of alkyl halides is 3. The van der Waals surface area contributed by atoms with Gasteiger partial charge in [0.25, 0.3) is 5.91 Å². The predicted molar refractivity (Wildman–Crippen MR) is 111 cm³/mol. The highest BCUT2D eigenvalue weighted by molar-refractivity contribution is 5.96. The highest BCUT2D eigenvalue weighted by Crippen LogP contribution is 2.38. The van der Waals surface area contributed by atoms with Crippen molar-refractivity contribution in [3.05, 3.63) is 52.3 Å². The molecule has 10 heteroatoms. The molecule has 0 spiro atoms. The van der Waals surface area contributed by atoms with E-state index in [1.165, 1.54) is 11.7 Å². The maximum Gasteiger partial charge on any atom is 0.435 e. The minimum atomic E-state index is -4.53. The van der Waals surface area contributed by atoms with Crippen molar-refractivity contribution in [3.63, 3.8) is 0 Å². The Labute approximate surface area is 183 Å². The number of nitrogens with zero attached hydrogens (tertiary/aromatic N) is 5. The van der Waals surface area contributed by atoms with Gasteiger partial charge in [-0.05, 0) is 38.5 Å². The van der Waals surface area contributed by atoms with E-state index in [-0.39, 0.29) is 11.9 Å². The van der Waals surface area contributed by atoms with Gasteiger partial charge in [0.1, 0.15) is 5.75 Å². The largest absolute Gasteiger partial charge is 0.496 e. The quantitative estimate of drug-likeness (QED) is 0.611. The molecule has 0 saturated carbocycles. The summed E-state index contributed by atoms with van der Waals surface area (Å²) in [6.07, 6.45) is -4.05. The van der Waals surface area contributed by atoms with Crippen LogP contribution in [-0.4, -0.2) is 44.0 Å². The molecule has 0 fully saturated rings. The van der Waals surface area contributed by atoms with Gasteiger partial charge in [-0.2, -0.15) is 23.4 Å². The smallest absolute Gasteiger partial charge is 0.435 e. The molecule has 1 aliphatic heterocycles. The zero-order valence-corrected chi connectivity index (χ0v) is 18.5. The standard InChI is InChI=1S/C22H24F3N5O2/c1-12-14(7-6-8-17(12)32-5)21(31)30-10-9-15-19(13(30)2)27-29(4)20(15)16-11-18(22(23,24)25)26-28(16)3/h6-8,11,13H,9-10H2,1-5H3/t13-/m0/s1. The first kappa shape index (κ1) is 21.9. The molecule has 3 aromatic rings. The van der Waals surface area contributed by atoms with Crippen molar-refractivity contribution in [3.8, 4) is 17.1 Å². The third-order valence-corrected chi connectivity index (χ3v) is 6.05. The number of amides is 1. The second-order valence-electron chi connectivity index (χ2n) is 7.93. The lowest BCUT2D eigenvalue weighted by Crippen LogP contribution is -2.39. The fourth-order valence-corrected chi connectivity index (χ4v) is 4.39. The van der Waals surface area contributed by atoms with Crippen LogP contribution < -0.4 is 4.74 Å². The number of hydrogen-bond acceptors (Lipinski definition) is 4. The van der Waals surface area contributed by atoms with Crippen LogP contribution in [0.2, 0.25) is 0 Å². The maximum atomic E-state index is 13.3. The SMILES string of the molecule is COc1cccc(C(=O)N2CCc3c(nn(C)c3-c3cc(C(F)(F)F)nn3C)[C@@H]2C)c1C. The molecular weight excluding hydrogens is 423 g/mol. The van der Waals surface area contributed by atoms with Crippen LogP contribution in [0.5, 0.6) is 5.75 Å². The minimum absolute atomic E-state index is 0.133. The lowest BCUT2D eigenvalue weighted by Gasteiger charge is -2.33. The molecule has 3 heterocycles. The summed E-state index contributed by atoms with van der Waals surface area (Å²) < 4.78 is 47.6. The number of halogens is 3. The summed E-state index contributed by atoms with van der Waals surface area (Å²) in [4.78, 5) is 15.1. The average molecular weight is 447 g/mol. The van der Waals surface area contributed by atoms with E-state index >= 15 is 0 Å². The molecule has 32 heavy (non-hydrogen) atoms. The molecule has 0 aliphatic carbocycles. The molecule has 7 nitrogen and oxygen atoms in total. The second-order valence-corrected chi connectivity index (χ2v) is 7.93. The van der Waals surface area contributed by atoms with Gasteiger partial charge in [0.2, 0.25) is 0 Å². The summed E-state index contributed by atoms with van der Waals surface area (Å²) in [6.45, 7) is 4.14. The number of benzene rings is 1. The number of ether oxygens (including phenoxy) is 1. The Hall–Kier alpha value is -3.30. The van der Waals surface area contributed by atoms with Gasteiger partial charge in [0.15, 0.2) is 5.69 Å². The molecular formula is C22H24F3N5O2. The summed E-state index contributed by atoms with van der Waals surface area (Å²) in [5, 5.41) is 8.21. The summed E-state index contributed by atoms with van der Waals surface area (Å²) in [7, 11) is 4.74. The first-order valence-corrected chi connectivity index (χ1v) is 10.2. The first-order chi connectivity index (χ1) is 15.0. The van der Waals surface area contributed by atoms with Crippen molar-refractivity contribution < 1.29 is 22.7 Å². The molecule has 0 saturated heterocycles. The Kier molecular flexibility index (Phi) is 5.26. The van der Waals surface area contributed by atoms with Crippen LogP contribution in [0.25, 0.3) is 11.4 Å². The number of fused-ring (bicyclic) bond motifs is 1. The highest BCUT2D eigenvalue weighted by atomic mass is 19.4. The Morgan fingerprint density at radius 1 is 1.19 bits per heavy atom. The van der Waals surface area contributed by atoms with Crippen LogP contribution in [0.4, 0.5) is 13.2 Å². The van der Waals surface area contributed by atoms with Gasteiger partial charge in [-0.3, -0.25) is 14.2 Å². The fraction of sp³-hybridized carbons (Fsp3) is 0.409. The lowest BCUT2D eigenvalue weighted by atomic mass is 9.95. The molecule has 1 aliphatic rings. The van der Waals surface area contributed by atoms with Gasteiger partial charge in [-0.1, -0.05) is 6.07 Å². The molecule has 1 amide bonds. The lowest BCUT2D eigenvalue weighted by molar-refractivity contribution is -0.141. The normalized spacial score (nSPS) is 16.2. The molecule has 0 N–H and O–H groups in total.